The highest BCUT2D eigenvalue weighted by Crippen LogP contribution is 2.24. The highest BCUT2D eigenvalue weighted by molar-refractivity contribution is 5.72. The molecule has 1 rings (SSSR count). The maximum atomic E-state index is 10.6. The van der Waals surface area contributed by atoms with E-state index in [1.807, 2.05) is 0 Å². The van der Waals surface area contributed by atoms with Crippen molar-refractivity contribution < 1.29 is 15.0 Å². The minimum Gasteiger partial charge on any atom is -0.504 e. The number of nitrogens with one attached hydrogen (secondary N) is 1. The van der Waals surface area contributed by atoms with Crippen LogP contribution < -0.4 is 5.32 Å². The van der Waals surface area contributed by atoms with Crippen molar-refractivity contribution in [1.82, 2.24) is 5.32 Å². The summed E-state index contributed by atoms with van der Waals surface area (Å²) in [5.41, 5.74) is 0.869. The third-order valence-corrected chi connectivity index (χ3v) is 1.83. The molecule has 4 nitrogen and oxygen atoms in total. The molecule has 76 valence electrons. The van der Waals surface area contributed by atoms with E-state index in [0.29, 0.717) is 13.0 Å². The molecule has 0 aliphatic heterocycles. The van der Waals surface area contributed by atoms with Crippen LogP contribution in [0.4, 0.5) is 0 Å². The lowest BCUT2D eigenvalue weighted by molar-refractivity contribution is -0.118. The Labute approximate surface area is 82.2 Å². The third kappa shape index (κ3) is 2.97. The molecular weight excluding hydrogens is 182 g/mol. The topological polar surface area (TPSA) is 69.6 Å². The number of hydrogen-bond acceptors (Lipinski definition) is 3. The molecule has 0 spiro atoms. The van der Waals surface area contributed by atoms with Crippen LogP contribution in [0, 0.1) is 0 Å². The number of hydrogen-bond donors (Lipinski definition) is 3. The van der Waals surface area contributed by atoms with Gasteiger partial charge in [-0.1, -0.05) is 6.07 Å². The summed E-state index contributed by atoms with van der Waals surface area (Å²) in [6, 6.07) is 4.62. The molecule has 0 unspecified atom stereocenters. The normalized spacial score (nSPS) is 9.79. The molecule has 14 heavy (non-hydrogen) atoms. The number of phenolic OH excluding ortho intramolecular Hbond substituents is 2. The molecule has 0 bridgehead atoms. The van der Waals surface area contributed by atoms with Crippen LogP contribution in [-0.4, -0.2) is 22.7 Å². The number of carbonyl (C=O) groups excluding carboxylic acids is 1. The van der Waals surface area contributed by atoms with Crippen molar-refractivity contribution in [3.63, 3.8) is 0 Å². The second-order valence-corrected chi connectivity index (χ2v) is 3.06. The van der Waals surface area contributed by atoms with Crippen molar-refractivity contribution in [1.29, 1.82) is 0 Å². The second kappa shape index (κ2) is 4.50. The van der Waals surface area contributed by atoms with Crippen LogP contribution in [0.3, 0.4) is 0 Å². The third-order valence-electron chi connectivity index (χ3n) is 1.83. The van der Waals surface area contributed by atoms with Gasteiger partial charge in [-0.3, -0.25) is 4.79 Å². The van der Waals surface area contributed by atoms with Crippen molar-refractivity contribution in [3.8, 4) is 11.5 Å². The van der Waals surface area contributed by atoms with E-state index in [4.69, 9.17) is 5.11 Å². The summed E-state index contributed by atoms with van der Waals surface area (Å²) in [6.45, 7) is 1.98. The predicted octanol–water partition coefficient (Wildman–Crippen LogP) is 0.776. The summed E-state index contributed by atoms with van der Waals surface area (Å²) in [5, 5.41) is 20.9. The van der Waals surface area contributed by atoms with E-state index >= 15 is 0 Å². The Morgan fingerprint density at radius 1 is 1.36 bits per heavy atom. The van der Waals surface area contributed by atoms with Crippen LogP contribution >= 0.6 is 0 Å². The maximum absolute atomic E-state index is 10.6. The summed E-state index contributed by atoms with van der Waals surface area (Å²) in [5.74, 6) is -0.341. The van der Waals surface area contributed by atoms with Crippen LogP contribution in [-0.2, 0) is 11.2 Å². The van der Waals surface area contributed by atoms with Gasteiger partial charge in [-0.05, 0) is 24.1 Å². The molecule has 3 N–H and O–H groups in total. The zero-order valence-electron chi connectivity index (χ0n) is 7.95. The fourth-order valence-corrected chi connectivity index (χ4v) is 1.11. The molecule has 0 atom stereocenters. The summed E-state index contributed by atoms with van der Waals surface area (Å²) in [6.07, 6.45) is 0.632. The quantitative estimate of drug-likeness (QED) is 0.624. The molecule has 0 saturated heterocycles. The molecule has 0 heterocycles. The Bertz CT molecular complexity index is 336. The van der Waals surface area contributed by atoms with E-state index in [1.54, 1.807) is 6.07 Å². The van der Waals surface area contributed by atoms with Gasteiger partial charge in [0.05, 0.1) is 0 Å². The van der Waals surface area contributed by atoms with E-state index in [9.17, 15) is 9.90 Å². The number of carbonyl (C=O) groups is 1. The van der Waals surface area contributed by atoms with Gasteiger partial charge in [0.25, 0.3) is 0 Å². The van der Waals surface area contributed by atoms with Crippen molar-refractivity contribution in [2.24, 2.45) is 0 Å². The lowest BCUT2D eigenvalue weighted by Crippen LogP contribution is -2.22. The highest BCUT2D eigenvalue weighted by Gasteiger charge is 2.00. The van der Waals surface area contributed by atoms with Gasteiger partial charge in [0.1, 0.15) is 0 Å². The van der Waals surface area contributed by atoms with E-state index in [1.165, 1.54) is 19.1 Å². The summed E-state index contributed by atoms with van der Waals surface area (Å²) in [4.78, 5) is 10.6. The first-order valence-corrected chi connectivity index (χ1v) is 4.35. The van der Waals surface area contributed by atoms with Crippen LogP contribution in [0.15, 0.2) is 18.2 Å². The van der Waals surface area contributed by atoms with Crippen molar-refractivity contribution in [2.45, 2.75) is 13.3 Å². The lowest BCUT2D eigenvalue weighted by atomic mass is 10.1. The first kappa shape index (κ1) is 10.4. The minimum absolute atomic E-state index is 0.0759. The van der Waals surface area contributed by atoms with E-state index in [0.717, 1.165) is 5.56 Å². The molecule has 0 saturated carbocycles. The van der Waals surface area contributed by atoms with E-state index in [-0.39, 0.29) is 17.4 Å². The Hall–Kier alpha value is -1.71. The van der Waals surface area contributed by atoms with Crippen molar-refractivity contribution in [2.75, 3.05) is 6.54 Å². The lowest BCUT2D eigenvalue weighted by Gasteiger charge is -2.04. The van der Waals surface area contributed by atoms with Crippen molar-refractivity contribution in [3.05, 3.63) is 23.8 Å². The number of amides is 1. The molecule has 0 aliphatic rings. The Morgan fingerprint density at radius 2 is 2.07 bits per heavy atom. The molecule has 0 aromatic heterocycles. The number of aromatic hydroxyl groups is 2. The zero-order chi connectivity index (χ0) is 10.6. The maximum Gasteiger partial charge on any atom is 0.216 e. The van der Waals surface area contributed by atoms with Gasteiger partial charge in [-0.15, -0.1) is 0 Å². The van der Waals surface area contributed by atoms with Crippen LogP contribution in [0.1, 0.15) is 12.5 Å². The van der Waals surface area contributed by atoms with Gasteiger partial charge in [0.2, 0.25) is 5.91 Å². The molecule has 4 heteroatoms. The summed E-state index contributed by atoms with van der Waals surface area (Å²) < 4.78 is 0. The number of benzene rings is 1. The summed E-state index contributed by atoms with van der Waals surface area (Å²) >= 11 is 0. The van der Waals surface area contributed by atoms with Gasteiger partial charge >= 0.3 is 0 Å². The Morgan fingerprint density at radius 3 is 2.64 bits per heavy atom. The van der Waals surface area contributed by atoms with Gasteiger partial charge in [0.15, 0.2) is 11.5 Å². The van der Waals surface area contributed by atoms with Crippen molar-refractivity contribution >= 4 is 5.91 Å². The number of phenols is 2. The Balaban J connectivity index is 2.51. The minimum atomic E-state index is -0.134. The molecular formula is C10H13NO3. The first-order chi connectivity index (χ1) is 6.59. The van der Waals surface area contributed by atoms with E-state index < -0.39 is 0 Å². The predicted molar refractivity (Wildman–Crippen MR) is 52.2 cm³/mol. The molecule has 0 radical (unpaired) electrons. The van der Waals surface area contributed by atoms with Crippen LogP contribution in [0.5, 0.6) is 11.5 Å². The average molecular weight is 195 g/mol. The average Bonchev–Trinajstić information content (AvgIpc) is 2.10. The molecule has 1 aromatic carbocycles. The molecule has 0 aliphatic carbocycles. The fraction of sp³-hybridized carbons (Fsp3) is 0.300. The second-order valence-electron chi connectivity index (χ2n) is 3.06. The molecule has 0 fully saturated rings. The van der Waals surface area contributed by atoms with Gasteiger partial charge < -0.3 is 15.5 Å². The van der Waals surface area contributed by atoms with Gasteiger partial charge in [-0.2, -0.15) is 0 Å². The number of rotatable bonds is 3. The fourth-order valence-electron chi connectivity index (χ4n) is 1.11. The largest absolute Gasteiger partial charge is 0.504 e. The summed E-state index contributed by atoms with van der Waals surface area (Å²) in [7, 11) is 0. The van der Waals surface area contributed by atoms with Gasteiger partial charge in [-0.25, -0.2) is 0 Å². The van der Waals surface area contributed by atoms with Crippen LogP contribution in [0.25, 0.3) is 0 Å². The van der Waals surface area contributed by atoms with E-state index in [2.05, 4.69) is 5.32 Å². The molecule has 1 amide bonds. The smallest absolute Gasteiger partial charge is 0.216 e. The Kier molecular flexibility index (Phi) is 3.34. The highest BCUT2D eigenvalue weighted by atomic mass is 16.3. The molecule has 1 aromatic rings. The van der Waals surface area contributed by atoms with Gasteiger partial charge in [0, 0.05) is 13.5 Å². The van der Waals surface area contributed by atoms with Crippen LogP contribution in [0.2, 0.25) is 0 Å². The standard InChI is InChI=1S/C10H13NO3/c1-7(12)11-5-4-8-2-3-9(13)10(14)6-8/h2-3,6,13-14H,4-5H2,1H3,(H,11,12). The zero-order valence-corrected chi connectivity index (χ0v) is 7.95. The first-order valence-electron chi connectivity index (χ1n) is 4.35. The monoisotopic (exact) mass is 195 g/mol. The SMILES string of the molecule is CC(=O)NCCc1ccc(O)c(O)c1.